The Morgan fingerprint density at radius 1 is 1.43 bits per heavy atom. The van der Waals surface area contributed by atoms with Crippen LogP contribution < -0.4 is 10.6 Å². The minimum absolute atomic E-state index is 0.0289. The maximum atomic E-state index is 12.0. The molecule has 1 heterocycles. The molecule has 7 heteroatoms. The van der Waals surface area contributed by atoms with Crippen LogP contribution >= 0.6 is 15.9 Å². The average molecular weight is 353 g/mol. The molecule has 0 spiro atoms. The number of hydrogen-bond acceptors (Lipinski definition) is 3. The van der Waals surface area contributed by atoms with Gasteiger partial charge in [-0.3, -0.25) is 0 Å². The van der Waals surface area contributed by atoms with Gasteiger partial charge in [-0.05, 0) is 31.2 Å². The third kappa shape index (κ3) is 4.30. The summed E-state index contributed by atoms with van der Waals surface area (Å²) in [4.78, 5) is 16.2. The van der Waals surface area contributed by atoms with Crippen molar-refractivity contribution in [2.45, 2.75) is 19.5 Å². The second-order valence-corrected chi connectivity index (χ2v) is 5.45. The van der Waals surface area contributed by atoms with Crippen LogP contribution in [0.15, 0.2) is 41.1 Å². The number of hydrogen-bond donors (Lipinski definition) is 3. The molecule has 0 saturated heterocycles. The Balaban J connectivity index is 1.95. The van der Waals surface area contributed by atoms with E-state index in [0.29, 0.717) is 18.1 Å². The van der Waals surface area contributed by atoms with Crippen LogP contribution in [0.4, 0.5) is 10.5 Å². The third-order valence-electron chi connectivity index (χ3n) is 2.93. The summed E-state index contributed by atoms with van der Waals surface area (Å²) in [5, 5.41) is 14.6. The van der Waals surface area contributed by atoms with Crippen LogP contribution in [0.25, 0.3) is 0 Å². The molecule has 0 fully saturated rings. The van der Waals surface area contributed by atoms with Gasteiger partial charge in [-0.15, -0.1) is 0 Å². The number of carbonyl (C=O) groups is 1. The molecule has 1 aromatic heterocycles. The number of anilines is 1. The molecule has 0 aliphatic rings. The summed E-state index contributed by atoms with van der Waals surface area (Å²) >= 11 is 3.34. The Kier molecular flexibility index (Phi) is 5.35. The Morgan fingerprint density at radius 2 is 2.14 bits per heavy atom. The van der Waals surface area contributed by atoms with Gasteiger partial charge < -0.3 is 20.3 Å². The number of rotatable bonds is 5. The van der Waals surface area contributed by atoms with Gasteiger partial charge in [-0.1, -0.05) is 15.9 Å². The fourth-order valence-corrected chi connectivity index (χ4v) is 2.22. The lowest BCUT2D eigenvalue weighted by Gasteiger charge is -2.16. The van der Waals surface area contributed by atoms with E-state index in [1.165, 1.54) is 0 Å². The highest BCUT2D eigenvalue weighted by atomic mass is 79.9. The highest BCUT2D eigenvalue weighted by molar-refractivity contribution is 9.10. The number of imidazole rings is 1. The first-order valence-corrected chi connectivity index (χ1v) is 7.34. The largest absolute Gasteiger partial charge is 0.395 e. The first-order valence-electron chi connectivity index (χ1n) is 6.55. The van der Waals surface area contributed by atoms with Gasteiger partial charge in [0.25, 0.3) is 0 Å². The lowest BCUT2D eigenvalue weighted by Crippen LogP contribution is -2.32. The number of nitrogens with one attached hydrogen (secondary N) is 2. The molecule has 2 rings (SSSR count). The normalized spacial score (nSPS) is 12.0. The molecule has 0 aliphatic heterocycles. The fraction of sp³-hybridized carbons (Fsp3) is 0.286. The molecule has 21 heavy (non-hydrogen) atoms. The summed E-state index contributed by atoms with van der Waals surface area (Å²) in [6, 6.07) is 6.76. The molecule has 2 amide bonds. The van der Waals surface area contributed by atoms with E-state index in [0.717, 1.165) is 4.47 Å². The molecular weight excluding hydrogens is 336 g/mol. The van der Waals surface area contributed by atoms with Crippen molar-refractivity contribution in [3.63, 3.8) is 0 Å². The molecule has 2 aromatic rings. The van der Waals surface area contributed by atoms with E-state index in [4.69, 9.17) is 5.11 Å². The minimum atomic E-state index is -0.302. The molecule has 0 bridgehead atoms. The van der Waals surface area contributed by atoms with Crippen molar-refractivity contribution in [3.05, 3.63) is 47.0 Å². The molecular formula is C14H17BrN4O2. The Hall–Kier alpha value is -1.86. The molecule has 0 aliphatic carbocycles. The van der Waals surface area contributed by atoms with E-state index in [2.05, 4.69) is 31.5 Å². The monoisotopic (exact) mass is 352 g/mol. The zero-order valence-electron chi connectivity index (χ0n) is 11.6. The maximum Gasteiger partial charge on any atom is 0.319 e. The summed E-state index contributed by atoms with van der Waals surface area (Å²) in [5.41, 5.74) is 0.710. The summed E-state index contributed by atoms with van der Waals surface area (Å²) in [6.45, 7) is 2.33. The SMILES string of the molecule is C[C@@H](NC(=O)Nc1ccc(Br)cc1)c1nccn1CCO. The number of nitrogens with zero attached hydrogens (tertiary/aromatic N) is 2. The highest BCUT2D eigenvalue weighted by Gasteiger charge is 2.14. The maximum absolute atomic E-state index is 12.0. The van der Waals surface area contributed by atoms with Crippen molar-refractivity contribution in [2.75, 3.05) is 11.9 Å². The van der Waals surface area contributed by atoms with Crippen LogP contribution in [0.5, 0.6) is 0 Å². The molecule has 0 unspecified atom stereocenters. The van der Waals surface area contributed by atoms with Gasteiger partial charge in [-0.2, -0.15) is 0 Å². The van der Waals surface area contributed by atoms with Gasteiger partial charge in [0.15, 0.2) is 0 Å². The van der Waals surface area contributed by atoms with E-state index in [-0.39, 0.29) is 18.7 Å². The molecule has 6 nitrogen and oxygen atoms in total. The van der Waals surface area contributed by atoms with Crippen molar-refractivity contribution in [1.82, 2.24) is 14.9 Å². The number of halogens is 1. The molecule has 3 N–H and O–H groups in total. The van der Waals surface area contributed by atoms with E-state index < -0.39 is 0 Å². The second kappa shape index (κ2) is 7.24. The van der Waals surface area contributed by atoms with Gasteiger partial charge >= 0.3 is 6.03 Å². The number of aromatic nitrogens is 2. The zero-order valence-corrected chi connectivity index (χ0v) is 13.2. The quantitative estimate of drug-likeness (QED) is 0.773. The van der Waals surface area contributed by atoms with Crippen molar-refractivity contribution >= 4 is 27.6 Å². The topological polar surface area (TPSA) is 79.2 Å². The summed E-state index contributed by atoms with van der Waals surface area (Å²) in [5.74, 6) is 0.704. The van der Waals surface area contributed by atoms with E-state index >= 15 is 0 Å². The van der Waals surface area contributed by atoms with Crippen LogP contribution in [-0.2, 0) is 6.54 Å². The van der Waals surface area contributed by atoms with Gasteiger partial charge in [0.05, 0.1) is 12.6 Å². The fourth-order valence-electron chi connectivity index (χ4n) is 1.96. The molecule has 0 radical (unpaired) electrons. The summed E-state index contributed by atoms with van der Waals surface area (Å²) < 4.78 is 2.76. The predicted octanol–water partition coefficient (Wildman–Crippen LogP) is 2.52. The summed E-state index contributed by atoms with van der Waals surface area (Å²) in [6.07, 6.45) is 3.42. The van der Waals surface area contributed by atoms with Gasteiger partial charge in [-0.25, -0.2) is 9.78 Å². The van der Waals surface area contributed by atoms with Gasteiger partial charge in [0, 0.05) is 29.1 Å². The number of aliphatic hydroxyl groups excluding tert-OH is 1. The number of aliphatic hydroxyl groups is 1. The van der Waals surface area contributed by atoms with Crippen LogP contribution in [0.2, 0.25) is 0 Å². The molecule has 0 saturated carbocycles. The Bertz CT molecular complexity index is 597. The zero-order chi connectivity index (χ0) is 15.2. The van der Waals surface area contributed by atoms with Crippen LogP contribution in [0.1, 0.15) is 18.8 Å². The molecule has 112 valence electrons. The second-order valence-electron chi connectivity index (χ2n) is 4.53. The first kappa shape index (κ1) is 15.5. The van der Waals surface area contributed by atoms with Gasteiger partial charge in [0.1, 0.15) is 5.82 Å². The number of carbonyl (C=O) groups excluding carboxylic acids is 1. The average Bonchev–Trinajstić information content (AvgIpc) is 2.90. The predicted molar refractivity (Wildman–Crippen MR) is 84.0 cm³/mol. The third-order valence-corrected chi connectivity index (χ3v) is 3.45. The smallest absolute Gasteiger partial charge is 0.319 e. The van der Waals surface area contributed by atoms with Crippen molar-refractivity contribution in [1.29, 1.82) is 0 Å². The lowest BCUT2D eigenvalue weighted by molar-refractivity contribution is 0.248. The number of amides is 2. The minimum Gasteiger partial charge on any atom is -0.395 e. The van der Waals surface area contributed by atoms with E-state index in [1.54, 1.807) is 24.5 Å². The number of urea groups is 1. The Labute approximate surface area is 131 Å². The summed E-state index contributed by atoms with van der Waals surface area (Å²) in [7, 11) is 0. The van der Waals surface area contributed by atoms with Crippen LogP contribution in [-0.4, -0.2) is 27.3 Å². The van der Waals surface area contributed by atoms with Crippen molar-refractivity contribution in [2.24, 2.45) is 0 Å². The Morgan fingerprint density at radius 3 is 2.81 bits per heavy atom. The highest BCUT2D eigenvalue weighted by Crippen LogP contribution is 2.15. The first-order chi connectivity index (χ1) is 10.1. The number of benzene rings is 1. The van der Waals surface area contributed by atoms with Crippen molar-refractivity contribution < 1.29 is 9.90 Å². The molecule has 1 atom stereocenters. The van der Waals surface area contributed by atoms with E-state index in [1.807, 2.05) is 23.6 Å². The van der Waals surface area contributed by atoms with Crippen LogP contribution in [0.3, 0.4) is 0 Å². The standard InChI is InChI=1S/C14H17BrN4O2/c1-10(13-16-6-7-19(13)8-9-20)17-14(21)18-12-4-2-11(15)3-5-12/h2-7,10,20H,8-9H2,1H3,(H2,17,18,21)/t10-/m1/s1. The molecule has 1 aromatic carbocycles. The van der Waals surface area contributed by atoms with E-state index in [9.17, 15) is 4.79 Å². The van der Waals surface area contributed by atoms with Crippen molar-refractivity contribution in [3.8, 4) is 0 Å². The lowest BCUT2D eigenvalue weighted by atomic mass is 10.3. The van der Waals surface area contributed by atoms with Crippen LogP contribution in [0, 0.1) is 0 Å². The van der Waals surface area contributed by atoms with Gasteiger partial charge in [0.2, 0.25) is 0 Å².